The van der Waals surface area contributed by atoms with Gasteiger partial charge in [-0.25, -0.2) is 0 Å². The lowest BCUT2D eigenvalue weighted by Gasteiger charge is -2.37. The third-order valence-electron chi connectivity index (χ3n) is 3.53. The van der Waals surface area contributed by atoms with E-state index in [1.54, 1.807) is 0 Å². The van der Waals surface area contributed by atoms with Gasteiger partial charge in [0.15, 0.2) is 6.61 Å². The Morgan fingerprint density at radius 3 is 2.30 bits per heavy atom. The number of nitrogens with zero attached hydrogens (tertiary/aromatic N) is 2. The van der Waals surface area contributed by atoms with Gasteiger partial charge in [0.2, 0.25) is 0 Å². The molecule has 1 aliphatic heterocycles. The molecule has 1 aromatic carbocycles. The predicted octanol–water partition coefficient (Wildman–Crippen LogP) is 2.13. The molecule has 130 valence electrons. The summed E-state index contributed by atoms with van der Waals surface area (Å²) in [6, 6.07) is 7.48. The summed E-state index contributed by atoms with van der Waals surface area (Å²) >= 11 is 3.37. The van der Waals surface area contributed by atoms with Crippen molar-refractivity contribution in [2.24, 2.45) is 5.73 Å². The second-order valence-corrected chi connectivity index (χ2v) is 7.30. The topological polar surface area (TPSA) is 58.8 Å². The molecule has 0 atom stereocenters. The average Bonchev–Trinajstić information content (AvgIpc) is 2.45. The van der Waals surface area contributed by atoms with Crippen molar-refractivity contribution in [2.75, 3.05) is 39.3 Å². The Hall–Kier alpha value is -0.820. The lowest BCUT2D eigenvalue weighted by Crippen LogP contribution is -2.54. The summed E-state index contributed by atoms with van der Waals surface area (Å²) in [6.07, 6.45) is 0. The average molecular weight is 407 g/mol. The molecule has 23 heavy (non-hydrogen) atoms. The third kappa shape index (κ3) is 7.08. The van der Waals surface area contributed by atoms with Crippen LogP contribution in [-0.2, 0) is 4.79 Å². The Labute approximate surface area is 152 Å². The molecule has 1 amide bonds. The van der Waals surface area contributed by atoms with Crippen molar-refractivity contribution in [3.63, 3.8) is 0 Å². The standard InChI is InChI=1S/C16H24BrN3O2.ClH/c1-16(2,18)12-19-7-9-20(10-8-19)15(21)11-22-14-5-3-13(17)4-6-14;/h3-6H,7-12,18H2,1-2H3;1H. The maximum Gasteiger partial charge on any atom is 0.260 e. The summed E-state index contributed by atoms with van der Waals surface area (Å²) in [6.45, 7) is 8.19. The molecule has 1 saturated heterocycles. The van der Waals surface area contributed by atoms with Crippen LogP contribution in [-0.4, -0.2) is 60.6 Å². The van der Waals surface area contributed by atoms with Crippen LogP contribution >= 0.6 is 28.3 Å². The van der Waals surface area contributed by atoms with Crippen LogP contribution in [0.25, 0.3) is 0 Å². The maximum atomic E-state index is 12.2. The molecule has 1 aliphatic rings. The first kappa shape index (κ1) is 20.2. The number of piperazine rings is 1. The van der Waals surface area contributed by atoms with Crippen LogP contribution in [0, 0.1) is 0 Å². The minimum absolute atomic E-state index is 0. The Morgan fingerprint density at radius 2 is 1.78 bits per heavy atom. The third-order valence-corrected chi connectivity index (χ3v) is 4.06. The molecule has 1 heterocycles. The van der Waals surface area contributed by atoms with Crippen LogP contribution in [0.15, 0.2) is 28.7 Å². The largest absolute Gasteiger partial charge is 0.484 e. The van der Waals surface area contributed by atoms with E-state index >= 15 is 0 Å². The highest BCUT2D eigenvalue weighted by Crippen LogP contribution is 2.16. The first-order chi connectivity index (χ1) is 10.3. The fourth-order valence-electron chi connectivity index (χ4n) is 2.50. The summed E-state index contributed by atoms with van der Waals surface area (Å²) in [7, 11) is 0. The summed E-state index contributed by atoms with van der Waals surface area (Å²) in [5.74, 6) is 0.745. The van der Waals surface area contributed by atoms with Gasteiger partial charge in [-0.15, -0.1) is 12.4 Å². The molecule has 7 heteroatoms. The molecule has 0 spiro atoms. The zero-order chi connectivity index (χ0) is 16.2. The van der Waals surface area contributed by atoms with Crippen molar-refractivity contribution in [1.82, 2.24) is 9.80 Å². The van der Waals surface area contributed by atoms with E-state index in [9.17, 15) is 4.79 Å². The van der Waals surface area contributed by atoms with Crippen LogP contribution in [0.3, 0.4) is 0 Å². The minimum Gasteiger partial charge on any atom is -0.484 e. The molecule has 1 fully saturated rings. The van der Waals surface area contributed by atoms with Crippen LogP contribution in [0.2, 0.25) is 0 Å². The molecule has 0 aromatic heterocycles. The predicted molar refractivity (Wildman–Crippen MR) is 98.2 cm³/mol. The van der Waals surface area contributed by atoms with Gasteiger partial charge >= 0.3 is 0 Å². The van der Waals surface area contributed by atoms with Gasteiger partial charge in [-0.1, -0.05) is 15.9 Å². The number of rotatable bonds is 5. The van der Waals surface area contributed by atoms with Gasteiger partial charge in [-0.05, 0) is 38.1 Å². The van der Waals surface area contributed by atoms with Crippen molar-refractivity contribution in [2.45, 2.75) is 19.4 Å². The Kier molecular flexibility index (Phi) is 7.80. The van der Waals surface area contributed by atoms with Crippen LogP contribution in [0.5, 0.6) is 5.75 Å². The van der Waals surface area contributed by atoms with E-state index in [0.29, 0.717) is 5.75 Å². The normalized spacial score (nSPS) is 15.9. The van der Waals surface area contributed by atoms with Gasteiger partial charge < -0.3 is 15.4 Å². The molecule has 1 aromatic rings. The van der Waals surface area contributed by atoms with E-state index in [-0.39, 0.29) is 30.5 Å². The molecule has 5 nitrogen and oxygen atoms in total. The molecule has 0 saturated carbocycles. The van der Waals surface area contributed by atoms with E-state index in [0.717, 1.165) is 37.2 Å². The Balaban J connectivity index is 0.00000264. The van der Waals surface area contributed by atoms with Crippen molar-refractivity contribution in [3.05, 3.63) is 28.7 Å². The zero-order valence-electron chi connectivity index (χ0n) is 13.6. The molecule has 0 bridgehead atoms. The molecule has 2 rings (SSSR count). The fourth-order valence-corrected chi connectivity index (χ4v) is 2.76. The van der Waals surface area contributed by atoms with E-state index in [1.165, 1.54) is 0 Å². The monoisotopic (exact) mass is 405 g/mol. The lowest BCUT2D eigenvalue weighted by atomic mass is 10.1. The number of amides is 1. The zero-order valence-corrected chi connectivity index (χ0v) is 16.0. The molecule has 0 radical (unpaired) electrons. The van der Waals surface area contributed by atoms with Gasteiger partial charge in [-0.3, -0.25) is 9.69 Å². The summed E-state index contributed by atoms with van der Waals surface area (Å²) < 4.78 is 6.53. The SMILES string of the molecule is CC(C)(N)CN1CCN(C(=O)COc2ccc(Br)cc2)CC1.Cl. The first-order valence-electron chi connectivity index (χ1n) is 7.51. The fraction of sp³-hybridized carbons (Fsp3) is 0.562. The highest BCUT2D eigenvalue weighted by Gasteiger charge is 2.24. The van der Waals surface area contributed by atoms with Crippen molar-refractivity contribution in [3.8, 4) is 5.75 Å². The minimum atomic E-state index is -0.198. The summed E-state index contributed by atoms with van der Waals surface area (Å²) in [5, 5.41) is 0. The smallest absolute Gasteiger partial charge is 0.260 e. The number of carbonyl (C=O) groups is 1. The summed E-state index contributed by atoms with van der Waals surface area (Å²) in [5.41, 5.74) is 5.84. The number of benzene rings is 1. The lowest BCUT2D eigenvalue weighted by molar-refractivity contribution is -0.135. The number of halogens is 2. The second kappa shape index (κ2) is 8.87. The van der Waals surface area contributed by atoms with Crippen molar-refractivity contribution in [1.29, 1.82) is 0 Å². The number of ether oxygens (including phenoxy) is 1. The molecule has 0 aliphatic carbocycles. The number of hydrogen-bond acceptors (Lipinski definition) is 4. The molecule has 2 N–H and O–H groups in total. The molecular formula is C16H25BrClN3O2. The molecular weight excluding hydrogens is 382 g/mol. The quantitative estimate of drug-likeness (QED) is 0.814. The highest BCUT2D eigenvalue weighted by molar-refractivity contribution is 9.10. The first-order valence-corrected chi connectivity index (χ1v) is 8.30. The van der Waals surface area contributed by atoms with Gasteiger partial charge in [0, 0.05) is 42.7 Å². The van der Waals surface area contributed by atoms with Crippen molar-refractivity contribution < 1.29 is 9.53 Å². The van der Waals surface area contributed by atoms with Crippen molar-refractivity contribution >= 4 is 34.2 Å². The van der Waals surface area contributed by atoms with Crippen LogP contribution < -0.4 is 10.5 Å². The van der Waals surface area contributed by atoms with E-state index in [2.05, 4.69) is 20.8 Å². The Morgan fingerprint density at radius 1 is 1.22 bits per heavy atom. The number of nitrogens with two attached hydrogens (primary N) is 1. The second-order valence-electron chi connectivity index (χ2n) is 6.39. The van der Waals surface area contributed by atoms with E-state index in [4.69, 9.17) is 10.5 Å². The molecule has 0 unspecified atom stereocenters. The Bertz CT molecular complexity index is 497. The number of hydrogen-bond donors (Lipinski definition) is 1. The van der Waals surface area contributed by atoms with Gasteiger partial charge in [0.05, 0.1) is 0 Å². The van der Waals surface area contributed by atoms with Crippen LogP contribution in [0.4, 0.5) is 0 Å². The number of carbonyl (C=O) groups excluding carboxylic acids is 1. The van der Waals surface area contributed by atoms with Gasteiger partial charge in [-0.2, -0.15) is 0 Å². The maximum absolute atomic E-state index is 12.2. The summed E-state index contributed by atoms with van der Waals surface area (Å²) in [4.78, 5) is 16.3. The van der Waals surface area contributed by atoms with E-state index in [1.807, 2.05) is 43.0 Å². The van der Waals surface area contributed by atoms with Gasteiger partial charge in [0.1, 0.15) is 5.75 Å². The van der Waals surface area contributed by atoms with Gasteiger partial charge in [0.25, 0.3) is 5.91 Å². The van der Waals surface area contributed by atoms with E-state index < -0.39 is 0 Å². The highest BCUT2D eigenvalue weighted by atomic mass is 79.9. The van der Waals surface area contributed by atoms with Crippen LogP contribution in [0.1, 0.15) is 13.8 Å².